The van der Waals surface area contributed by atoms with Gasteiger partial charge in [-0.25, -0.2) is 8.78 Å². The van der Waals surface area contributed by atoms with E-state index in [9.17, 15) is 23.2 Å². The third-order valence-electron chi connectivity index (χ3n) is 6.36. The Morgan fingerprint density at radius 3 is 2.41 bits per heavy atom. The monoisotopic (exact) mass is 372 g/mol. The fraction of sp³-hybridized carbons (Fsp3) is 0.450. The summed E-state index contributed by atoms with van der Waals surface area (Å²) < 4.78 is 27.8. The number of carbonyl (C=O) groups excluding carboxylic acids is 3. The average molecular weight is 372 g/mol. The summed E-state index contributed by atoms with van der Waals surface area (Å²) in [5.41, 5.74) is 0.499. The molecule has 0 spiro atoms. The summed E-state index contributed by atoms with van der Waals surface area (Å²) in [6, 6.07) is 1.99. The van der Waals surface area contributed by atoms with Gasteiger partial charge in [-0.1, -0.05) is 12.2 Å². The molecule has 0 N–H and O–H groups in total. The first-order valence-corrected chi connectivity index (χ1v) is 9.27. The molecule has 1 saturated carbocycles. The van der Waals surface area contributed by atoms with Gasteiger partial charge in [0, 0.05) is 12.6 Å². The second kappa shape index (κ2) is 5.71. The van der Waals surface area contributed by atoms with Crippen molar-refractivity contribution in [1.29, 1.82) is 0 Å². The van der Waals surface area contributed by atoms with Crippen molar-refractivity contribution in [3.63, 3.8) is 0 Å². The molecule has 3 amide bonds. The maximum Gasteiger partial charge on any atom is 0.247 e. The van der Waals surface area contributed by atoms with Crippen LogP contribution in [0.25, 0.3) is 0 Å². The molecular formula is C20H18F2N2O3. The Bertz CT molecular complexity index is 883. The van der Waals surface area contributed by atoms with Crippen LogP contribution in [0.5, 0.6) is 0 Å². The summed E-state index contributed by atoms with van der Waals surface area (Å²) in [4.78, 5) is 40.6. The third kappa shape index (κ3) is 2.30. The zero-order valence-corrected chi connectivity index (χ0v) is 14.5. The summed E-state index contributed by atoms with van der Waals surface area (Å²) in [7, 11) is 0. The molecular weight excluding hydrogens is 354 g/mol. The highest BCUT2D eigenvalue weighted by Crippen LogP contribution is 2.52. The number of imide groups is 1. The molecule has 5 nitrogen and oxygen atoms in total. The first kappa shape index (κ1) is 16.6. The van der Waals surface area contributed by atoms with Crippen LogP contribution in [0.2, 0.25) is 0 Å². The van der Waals surface area contributed by atoms with Crippen LogP contribution in [0.15, 0.2) is 24.3 Å². The van der Waals surface area contributed by atoms with Crippen molar-refractivity contribution in [3.8, 4) is 0 Å². The first-order valence-electron chi connectivity index (χ1n) is 9.27. The second-order valence-electron chi connectivity index (χ2n) is 7.81. The lowest BCUT2D eigenvalue weighted by Crippen LogP contribution is -2.45. The highest BCUT2D eigenvalue weighted by atomic mass is 19.1. The lowest BCUT2D eigenvalue weighted by Gasteiger charge is -2.31. The van der Waals surface area contributed by atoms with E-state index in [2.05, 4.69) is 0 Å². The number of carbonyl (C=O) groups is 3. The first-order chi connectivity index (χ1) is 13.0. The summed E-state index contributed by atoms with van der Waals surface area (Å²) in [6.45, 7) is -0.107. The molecule has 7 heteroatoms. The molecule has 4 unspecified atom stereocenters. The topological polar surface area (TPSA) is 57.7 Å². The van der Waals surface area contributed by atoms with Gasteiger partial charge >= 0.3 is 0 Å². The Hall–Kier alpha value is -2.57. The normalized spacial score (nSPS) is 30.9. The fourth-order valence-electron chi connectivity index (χ4n) is 5.24. The van der Waals surface area contributed by atoms with Crippen LogP contribution >= 0.6 is 0 Å². The van der Waals surface area contributed by atoms with Gasteiger partial charge in [-0.2, -0.15) is 0 Å². The van der Waals surface area contributed by atoms with Gasteiger partial charge in [-0.05, 0) is 42.7 Å². The summed E-state index contributed by atoms with van der Waals surface area (Å²) in [5.74, 6) is -3.15. The van der Waals surface area contributed by atoms with Gasteiger partial charge in [0.2, 0.25) is 17.7 Å². The Balaban J connectivity index is 1.40. The standard InChI is InChI=1S/C20H18F2N2O3/c21-13-7-12-2-1-5-23(18(12)14(22)8-13)15(25)9-24-19(26)16-10-3-4-11(6-10)17(16)20(24)27/h3-4,7-8,10-11,16-17H,1-2,5-6,9H2. The predicted octanol–water partition coefficient (Wildman–Crippen LogP) is 2.05. The number of allylic oxidation sites excluding steroid dienone is 2. The highest BCUT2D eigenvalue weighted by molar-refractivity contribution is 6.10. The SMILES string of the molecule is O=C1C2C3C=CC(C3)C2C(=O)N1CC(=O)N1CCCc2cc(F)cc(F)c21. The predicted molar refractivity (Wildman–Crippen MR) is 91.5 cm³/mol. The van der Waals surface area contributed by atoms with E-state index in [4.69, 9.17) is 0 Å². The van der Waals surface area contributed by atoms with Crippen molar-refractivity contribution >= 4 is 23.4 Å². The Morgan fingerprint density at radius 1 is 1.07 bits per heavy atom. The molecule has 2 aliphatic heterocycles. The minimum absolute atomic E-state index is 0.0636. The Kier molecular flexibility index (Phi) is 3.51. The van der Waals surface area contributed by atoms with E-state index < -0.39 is 17.5 Å². The number of benzene rings is 1. The smallest absolute Gasteiger partial charge is 0.247 e. The molecule has 2 heterocycles. The van der Waals surface area contributed by atoms with Crippen molar-refractivity contribution in [2.75, 3.05) is 18.0 Å². The van der Waals surface area contributed by atoms with Crippen molar-refractivity contribution in [2.45, 2.75) is 19.3 Å². The van der Waals surface area contributed by atoms with Crippen LogP contribution in [0.1, 0.15) is 18.4 Å². The molecule has 4 atom stereocenters. The van der Waals surface area contributed by atoms with Crippen LogP contribution in [0.3, 0.4) is 0 Å². The lowest BCUT2D eigenvalue weighted by atomic mass is 9.85. The van der Waals surface area contributed by atoms with Crippen molar-refractivity contribution in [1.82, 2.24) is 4.90 Å². The zero-order chi connectivity index (χ0) is 18.9. The number of anilines is 1. The van der Waals surface area contributed by atoms with E-state index in [0.717, 1.165) is 17.4 Å². The van der Waals surface area contributed by atoms with E-state index in [-0.39, 0.29) is 54.3 Å². The number of aryl methyl sites for hydroxylation is 1. The van der Waals surface area contributed by atoms with E-state index in [1.807, 2.05) is 12.2 Å². The molecule has 27 heavy (non-hydrogen) atoms. The van der Waals surface area contributed by atoms with Gasteiger partial charge < -0.3 is 4.90 Å². The molecule has 4 aliphatic rings. The number of hydrogen-bond acceptors (Lipinski definition) is 3. The number of nitrogens with zero attached hydrogens (tertiary/aromatic N) is 2. The van der Waals surface area contributed by atoms with E-state index in [1.54, 1.807) is 0 Å². The maximum absolute atomic E-state index is 14.3. The largest absolute Gasteiger partial charge is 0.308 e. The van der Waals surface area contributed by atoms with Gasteiger partial charge in [-0.3, -0.25) is 19.3 Å². The molecule has 2 fully saturated rings. The van der Waals surface area contributed by atoms with Crippen LogP contribution in [-0.4, -0.2) is 35.7 Å². The van der Waals surface area contributed by atoms with Gasteiger partial charge in [0.15, 0.2) is 0 Å². The van der Waals surface area contributed by atoms with Crippen molar-refractivity contribution in [2.24, 2.45) is 23.7 Å². The lowest BCUT2D eigenvalue weighted by molar-refractivity contribution is -0.143. The van der Waals surface area contributed by atoms with Gasteiger partial charge in [-0.15, -0.1) is 0 Å². The van der Waals surface area contributed by atoms with Gasteiger partial charge in [0.25, 0.3) is 0 Å². The zero-order valence-electron chi connectivity index (χ0n) is 14.5. The number of fused-ring (bicyclic) bond motifs is 6. The number of rotatable bonds is 2. The van der Waals surface area contributed by atoms with E-state index in [1.165, 1.54) is 11.0 Å². The van der Waals surface area contributed by atoms with Crippen LogP contribution in [0.4, 0.5) is 14.5 Å². The van der Waals surface area contributed by atoms with Crippen molar-refractivity contribution < 1.29 is 23.2 Å². The molecule has 5 rings (SSSR count). The molecule has 1 saturated heterocycles. The number of likely N-dealkylation sites (tertiary alicyclic amines) is 1. The van der Waals surface area contributed by atoms with Crippen LogP contribution < -0.4 is 4.90 Å². The van der Waals surface area contributed by atoms with Crippen molar-refractivity contribution in [3.05, 3.63) is 41.5 Å². The molecule has 0 radical (unpaired) electrons. The molecule has 2 aliphatic carbocycles. The average Bonchev–Trinajstić information content (AvgIpc) is 3.31. The van der Waals surface area contributed by atoms with Crippen LogP contribution in [-0.2, 0) is 20.8 Å². The molecule has 140 valence electrons. The number of halogens is 2. The van der Waals surface area contributed by atoms with Crippen LogP contribution in [0, 0.1) is 35.3 Å². The summed E-state index contributed by atoms with van der Waals surface area (Å²) in [6.07, 6.45) is 5.86. The molecule has 0 aromatic heterocycles. The molecule has 1 aromatic carbocycles. The number of amides is 3. The minimum Gasteiger partial charge on any atom is -0.308 e. The number of hydrogen-bond donors (Lipinski definition) is 0. The third-order valence-corrected chi connectivity index (χ3v) is 6.36. The highest BCUT2D eigenvalue weighted by Gasteiger charge is 2.59. The van der Waals surface area contributed by atoms with Gasteiger partial charge in [0.05, 0.1) is 17.5 Å². The fourth-order valence-corrected chi connectivity index (χ4v) is 5.24. The van der Waals surface area contributed by atoms with E-state index >= 15 is 0 Å². The Labute approximate surface area is 154 Å². The molecule has 1 aromatic rings. The Morgan fingerprint density at radius 2 is 1.74 bits per heavy atom. The summed E-state index contributed by atoms with van der Waals surface area (Å²) >= 11 is 0. The van der Waals surface area contributed by atoms with Gasteiger partial charge in [0.1, 0.15) is 18.2 Å². The second-order valence-corrected chi connectivity index (χ2v) is 7.81. The quantitative estimate of drug-likeness (QED) is 0.590. The maximum atomic E-state index is 14.3. The summed E-state index contributed by atoms with van der Waals surface area (Å²) in [5, 5.41) is 0. The molecule has 2 bridgehead atoms. The van der Waals surface area contributed by atoms with E-state index in [0.29, 0.717) is 18.4 Å². The minimum atomic E-state index is -0.795.